The molecule has 0 fully saturated rings. The van der Waals surface area contributed by atoms with Gasteiger partial charge in [0.05, 0.1) is 17.1 Å². The lowest BCUT2D eigenvalue weighted by atomic mass is 10.1. The number of hydrogen-bond donors (Lipinski definition) is 3. The second-order valence-corrected chi connectivity index (χ2v) is 5.03. The predicted octanol–water partition coefficient (Wildman–Crippen LogP) is 0.830. The van der Waals surface area contributed by atoms with E-state index in [1.807, 2.05) is 0 Å². The van der Waals surface area contributed by atoms with E-state index in [-0.39, 0.29) is 22.3 Å². The van der Waals surface area contributed by atoms with Gasteiger partial charge in [0.1, 0.15) is 10.1 Å². The van der Waals surface area contributed by atoms with E-state index in [9.17, 15) is 20.0 Å². The van der Waals surface area contributed by atoms with E-state index in [2.05, 4.69) is 21.2 Å². The van der Waals surface area contributed by atoms with Crippen LogP contribution in [0.5, 0.6) is 0 Å². The van der Waals surface area contributed by atoms with Crippen molar-refractivity contribution in [3.8, 4) is 0 Å². The Bertz CT molecular complexity index is 504. The summed E-state index contributed by atoms with van der Waals surface area (Å²) in [7, 11) is 0. The molecule has 19 heavy (non-hydrogen) atoms. The van der Waals surface area contributed by atoms with Crippen LogP contribution in [0.15, 0.2) is 22.7 Å². The Morgan fingerprint density at radius 1 is 1.58 bits per heavy atom. The van der Waals surface area contributed by atoms with Gasteiger partial charge in [0.2, 0.25) is 0 Å². The average Bonchev–Trinajstić information content (AvgIpc) is 2.36. The summed E-state index contributed by atoms with van der Waals surface area (Å²) in [5.74, 6) is -0.579. The normalized spacial score (nSPS) is 13.7. The molecule has 1 aromatic rings. The Hall–Kier alpha value is -1.51. The SMILES string of the molecule is CC(O)(CO)CNC(=O)c1cccc([N+](=O)[O-])c1Br. The molecule has 7 nitrogen and oxygen atoms in total. The Morgan fingerprint density at radius 3 is 2.74 bits per heavy atom. The summed E-state index contributed by atoms with van der Waals surface area (Å²) in [6, 6.07) is 4.08. The fraction of sp³-hybridized carbons (Fsp3) is 0.364. The molecule has 0 saturated carbocycles. The maximum Gasteiger partial charge on any atom is 0.284 e. The summed E-state index contributed by atoms with van der Waals surface area (Å²) in [5.41, 5.74) is -1.58. The van der Waals surface area contributed by atoms with Gasteiger partial charge >= 0.3 is 0 Å². The zero-order valence-corrected chi connectivity index (χ0v) is 11.7. The minimum atomic E-state index is -1.44. The number of carbonyl (C=O) groups excluding carboxylic acids is 1. The Kier molecular flexibility index (Phi) is 4.98. The number of nitrogens with zero attached hydrogens (tertiary/aromatic N) is 1. The van der Waals surface area contributed by atoms with Crippen LogP contribution in [-0.4, -0.2) is 39.8 Å². The minimum absolute atomic E-state index is 0.0705. The molecule has 104 valence electrons. The van der Waals surface area contributed by atoms with Gasteiger partial charge in [-0.2, -0.15) is 0 Å². The quantitative estimate of drug-likeness (QED) is 0.546. The lowest BCUT2D eigenvalue weighted by Crippen LogP contribution is -2.43. The van der Waals surface area contributed by atoms with Crippen molar-refractivity contribution in [1.82, 2.24) is 5.32 Å². The predicted molar refractivity (Wildman–Crippen MR) is 70.8 cm³/mol. The molecule has 8 heteroatoms. The molecule has 1 rings (SSSR count). The third kappa shape index (κ3) is 3.98. The van der Waals surface area contributed by atoms with E-state index in [0.29, 0.717) is 0 Å². The van der Waals surface area contributed by atoms with Crippen LogP contribution >= 0.6 is 15.9 Å². The van der Waals surface area contributed by atoms with Gasteiger partial charge < -0.3 is 15.5 Å². The second-order valence-electron chi connectivity index (χ2n) is 4.23. The number of carbonyl (C=O) groups is 1. The highest BCUT2D eigenvalue weighted by Crippen LogP contribution is 2.28. The molecule has 1 amide bonds. The molecule has 3 N–H and O–H groups in total. The molecule has 0 aromatic heterocycles. The van der Waals surface area contributed by atoms with E-state index in [1.165, 1.54) is 25.1 Å². The van der Waals surface area contributed by atoms with E-state index in [4.69, 9.17) is 5.11 Å². The first kappa shape index (κ1) is 15.5. The lowest BCUT2D eigenvalue weighted by molar-refractivity contribution is -0.385. The van der Waals surface area contributed by atoms with Crippen LogP contribution in [0.3, 0.4) is 0 Å². The number of rotatable bonds is 5. The molecule has 0 aliphatic carbocycles. The van der Waals surface area contributed by atoms with Crippen LogP contribution in [0.2, 0.25) is 0 Å². The molecular formula is C11H13BrN2O5. The van der Waals surface area contributed by atoms with Gasteiger partial charge in [-0.3, -0.25) is 14.9 Å². The molecular weight excluding hydrogens is 320 g/mol. The molecule has 0 radical (unpaired) electrons. The van der Waals surface area contributed by atoms with Crippen LogP contribution in [0, 0.1) is 10.1 Å². The zero-order chi connectivity index (χ0) is 14.6. The van der Waals surface area contributed by atoms with Crippen molar-refractivity contribution in [2.45, 2.75) is 12.5 Å². The number of nitrogens with one attached hydrogen (secondary N) is 1. The van der Waals surface area contributed by atoms with Crippen molar-refractivity contribution < 1.29 is 19.9 Å². The first-order valence-electron chi connectivity index (χ1n) is 5.33. The molecule has 0 aliphatic rings. The largest absolute Gasteiger partial charge is 0.393 e. The van der Waals surface area contributed by atoms with Gasteiger partial charge in [-0.15, -0.1) is 0 Å². The lowest BCUT2D eigenvalue weighted by Gasteiger charge is -2.20. The van der Waals surface area contributed by atoms with E-state index in [1.54, 1.807) is 0 Å². The van der Waals surface area contributed by atoms with Gasteiger partial charge in [0, 0.05) is 12.6 Å². The number of aliphatic hydroxyl groups excluding tert-OH is 1. The molecule has 1 aromatic carbocycles. The third-order valence-corrected chi connectivity index (χ3v) is 3.22. The van der Waals surface area contributed by atoms with Gasteiger partial charge in [0.15, 0.2) is 0 Å². The average molecular weight is 333 g/mol. The molecule has 1 unspecified atom stereocenters. The standard InChI is InChI=1S/C11H13BrN2O5/c1-11(17,6-15)5-13-10(16)7-3-2-4-8(9(7)12)14(18)19/h2-4,15,17H,5-6H2,1H3,(H,13,16). The first-order chi connectivity index (χ1) is 8.78. The number of halogens is 1. The summed E-state index contributed by atoms with van der Waals surface area (Å²) < 4.78 is 0.0705. The van der Waals surface area contributed by atoms with Crippen molar-refractivity contribution >= 4 is 27.5 Å². The van der Waals surface area contributed by atoms with Gasteiger partial charge in [0.25, 0.3) is 11.6 Å². The van der Waals surface area contributed by atoms with Crippen molar-refractivity contribution in [2.75, 3.05) is 13.2 Å². The summed E-state index contributed by atoms with van der Waals surface area (Å²) >= 11 is 3.01. The van der Waals surface area contributed by atoms with Gasteiger partial charge in [-0.05, 0) is 28.9 Å². The number of aliphatic hydroxyl groups is 2. The topological polar surface area (TPSA) is 113 Å². The van der Waals surface area contributed by atoms with Crippen LogP contribution in [0.25, 0.3) is 0 Å². The first-order valence-corrected chi connectivity index (χ1v) is 6.12. The van der Waals surface area contributed by atoms with E-state index < -0.39 is 23.0 Å². The van der Waals surface area contributed by atoms with E-state index >= 15 is 0 Å². The van der Waals surface area contributed by atoms with Gasteiger partial charge in [-0.25, -0.2) is 0 Å². The maximum atomic E-state index is 11.8. The highest BCUT2D eigenvalue weighted by Gasteiger charge is 2.23. The van der Waals surface area contributed by atoms with Crippen LogP contribution in [0.4, 0.5) is 5.69 Å². The molecule has 0 saturated heterocycles. The number of benzene rings is 1. The van der Waals surface area contributed by atoms with Crippen molar-refractivity contribution in [3.05, 3.63) is 38.3 Å². The fourth-order valence-electron chi connectivity index (χ4n) is 1.26. The van der Waals surface area contributed by atoms with Crippen LogP contribution in [0.1, 0.15) is 17.3 Å². The molecule has 0 heterocycles. The smallest absolute Gasteiger partial charge is 0.284 e. The fourth-order valence-corrected chi connectivity index (χ4v) is 1.85. The number of nitro benzene ring substituents is 1. The van der Waals surface area contributed by atoms with Crippen molar-refractivity contribution in [1.29, 1.82) is 0 Å². The van der Waals surface area contributed by atoms with Crippen molar-refractivity contribution in [2.24, 2.45) is 0 Å². The Labute approximate surface area is 117 Å². The highest BCUT2D eigenvalue weighted by atomic mass is 79.9. The highest BCUT2D eigenvalue weighted by molar-refractivity contribution is 9.10. The second kappa shape index (κ2) is 6.09. The third-order valence-electron chi connectivity index (χ3n) is 2.39. The zero-order valence-electron chi connectivity index (χ0n) is 10.1. The molecule has 1 atom stereocenters. The Morgan fingerprint density at radius 2 is 2.21 bits per heavy atom. The van der Waals surface area contributed by atoms with Crippen LogP contribution in [-0.2, 0) is 0 Å². The Balaban J connectivity index is 2.89. The minimum Gasteiger partial charge on any atom is -0.393 e. The summed E-state index contributed by atoms with van der Waals surface area (Å²) in [4.78, 5) is 22.0. The number of nitro groups is 1. The summed E-state index contributed by atoms with van der Waals surface area (Å²) in [5, 5.41) is 31.5. The van der Waals surface area contributed by atoms with Crippen LogP contribution < -0.4 is 5.32 Å². The summed E-state index contributed by atoms with van der Waals surface area (Å²) in [6.45, 7) is 0.677. The van der Waals surface area contributed by atoms with Gasteiger partial charge in [-0.1, -0.05) is 6.07 Å². The van der Waals surface area contributed by atoms with Crippen molar-refractivity contribution in [3.63, 3.8) is 0 Å². The maximum absolute atomic E-state index is 11.8. The van der Waals surface area contributed by atoms with E-state index in [0.717, 1.165) is 0 Å². The molecule has 0 bridgehead atoms. The molecule has 0 spiro atoms. The monoisotopic (exact) mass is 332 g/mol. The summed E-state index contributed by atoms with van der Waals surface area (Å²) in [6.07, 6.45) is 0. The number of amides is 1. The number of hydrogen-bond acceptors (Lipinski definition) is 5. The molecule has 0 aliphatic heterocycles.